The highest BCUT2D eigenvalue weighted by Gasteiger charge is 2.30. The Hall–Kier alpha value is -1.85. The molecule has 3 rings (SSSR count). The van der Waals surface area contributed by atoms with Crippen LogP contribution in [0, 0.1) is 0 Å². The molecule has 0 saturated carbocycles. The van der Waals surface area contributed by atoms with E-state index >= 15 is 0 Å². The molecule has 1 fully saturated rings. The van der Waals surface area contributed by atoms with Crippen LogP contribution in [0.3, 0.4) is 0 Å². The van der Waals surface area contributed by atoms with Crippen LogP contribution in [0.5, 0.6) is 5.75 Å². The van der Waals surface area contributed by atoms with Gasteiger partial charge in [0.25, 0.3) is 10.0 Å². The van der Waals surface area contributed by atoms with Gasteiger partial charge in [-0.15, -0.1) is 0 Å². The van der Waals surface area contributed by atoms with Gasteiger partial charge in [-0.1, -0.05) is 11.6 Å². The molecule has 1 aliphatic rings. The van der Waals surface area contributed by atoms with Crippen LogP contribution in [0.15, 0.2) is 52.3 Å². The number of benzene rings is 2. The van der Waals surface area contributed by atoms with Crippen molar-refractivity contribution in [2.24, 2.45) is 0 Å². The molecule has 8 nitrogen and oxygen atoms in total. The van der Waals surface area contributed by atoms with Crippen molar-refractivity contribution in [3.8, 4) is 5.75 Å². The Bertz CT molecular complexity index is 1050. The molecule has 0 bridgehead atoms. The average Bonchev–Trinajstić information content (AvgIpc) is 2.68. The normalized spacial score (nSPS) is 15.9. The first kappa shape index (κ1) is 20.9. The number of ether oxygens (including phenoxy) is 2. The molecule has 11 heteroatoms. The SMILES string of the molecule is COc1ccc(NS(=O)(=O)c2ccc(Cl)cc2)cc1S(=O)(=O)N1CCOCC1. The molecule has 1 aliphatic heterocycles. The number of rotatable bonds is 6. The highest BCUT2D eigenvalue weighted by molar-refractivity contribution is 7.92. The Morgan fingerprint density at radius 2 is 1.68 bits per heavy atom. The number of sulfonamides is 2. The topological polar surface area (TPSA) is 102 Å². The van der Waals surface area contributed by atoms with Gasteiger partial charge in [-0.2, -0.15) is 4.31 Å². The summed E-state index contributed by atoms with van der Waals surface area (Å²) in [4.78, 5) is -0.112. The van der Waals surface area contributed by atoms with Gasteiger partial charge in [-0.25, -0.2) is 16.8 Å². The van der Waals surface area contributed by atoms with Crippen molar-refractivity contribution in [1.29, 1.82) is 0 Å². The van der Waals surface area contributed by atoms with Crippen LogP contribution in [-0.4, -0.2) is 54.6 Å². The maximum atomic E-state index is 13.0. The summed E-state index contributed by atoms with van der Waals surface area (Å²) in [5.74, 6) is 0.126. The van der Waals surface area contributed by atoms with E-state index < -0.39 is 20.0 Å². The number of halogens is 1. The molecule has 0 radical (unpaired) electrons. The van der Waals surface area contributed by atoms with Crippen LogP contribution in [0.25, 0.3) is 0 Å². The lowest BCUT2D eigenvalue weighted by Gasteiger charge is -2.26. The van der Waals surface area contributed by atoms with Gasteiger partial charge in [0.15, 0.2) is 0 Å². The predicted octanol–water partition coefficient (Wildman–Crippen LogP) is 2.17. The molecule has 1 heterocycles. The Morgan fingerprint density at radius 3 is 2.29 bits per heavy atom. The predicted molar refractivity (Wildman–Crippen MR) is 105 cm³/mol. The lowest BCUT2D eigenvalue weighted by molar-refractivity contribution is 0.0729. The molecule has 1 saturated heterocycles. The number of anilines is 1. The van der Waals surface area contributed by atoms with Crippen LogP contribution in [0.1, 0.15) is 0 Å². The average molecular weight is 447 g/mol. The van der Waals surface area contributed by atoms with Crippen molar-refractivity contribution in [3.63, 3.8) is 0 Å². The maximum absolute atomic E-state index is 13.0. The minimum Gasteiger partial charge on any atom is -0.495 e. The van der Waals surface area contributed by atoms with Crippen LogP contribution in [0.2, 0.25) is 5.02 Å². The summed E-state index contributed by atoms with van der Waals surface area (Å²) in [6.45, 7) is 1.02. The van der Waals surface area contributed by atoms with Gasteiger partial charge in [0.1, 0.15) is 10.6 Å². The van der Waals surface area contributed by atoms with E-state index in [2.05, 4.69) is 4.72 Å². The monoisotopic (exact) mass is 446 g/mol. The van der Waals surface area contributed by atoms with Crippen LogP contribution < -0.4 is 9.46 Å². The van der Waals surface area contributed by atoms with Crippen molar-refractivity contribution in [3.05, 3.63) is 47.5 Å². The second-order valence-corrected chi connectivity index (χ2v) is 9.97. The van der Waals surface area contributed by atoms with Crippen molar-refractivity contribution in [2.45, 2.75) is 9.79 Å². The van der Waals surface area contributed by atoms with E-state index in [0.29, 0.717) is 18.2 Å². The van der Waals surface area contributed by atoms with Crippen molar-refractivity contribution >= 4 is 37.3 Å². The molecule has 0 spiro atoms. The Kier molecular flexibility index (Phi) is 6.15. The van der Waals surface area contributed by atoms with Crippen LogP contribution in [0.4, 0.5) is 5.69 Å². The second kappa shape index (κ2) is 8.26. The lowest BCUT2D eigenvalue weighted by atomic mass is 10.3. The number of hydrogen-bond donors (Lipinski definition) is 1. The zero-order chi connectivity index (χ0) is 20.4. The zero-order valence-corrected chi connectivity index (χ0v) is 17.3. The Morgan fingerprint density at radius 1 is 1.04 bits per heavy atom. The fourth-order valence-corrected chi connectivity index (χ4v) is 5.46. The quantitative estimate of drug-likeness (QED) is 0.729. The molecule has 0 unspecified atom stereocenters. The zero-order valence-electron chi connectivity index (χ0n) is 15.0. The Labute approximate surface area is 169 Å². The molecule has 0 aliphatic carbocycles. The summed E-state index contributed by atoms with van der Waals surface area (Å²) in [6, 6.07) is 9.73. The minimum atomic E-state index is -3.91. The highest BCUT2D eigenvalue weighted by atomic mass is 35.5. The number of morpholine rings is 1. The molecule has 0 atom stereocenters. The number of methoxy groups -OCH3 is 1. The van der Waals surface area contributed by atoms with E-state index in [-0.39, 0.29) is 34.3 Å². The summed E-state index contributed by atoms with van der Waals surface area (Å²) >= 11 is 5.79. The van der Waals surface area contributed by atoms with E-state index in [1.54, 1.807) is 0 Å². The lowest BCUT2D eigenvalue weighted by Crippen LogP contribution is -2.40. The number of hydrogen-bond acceptors (Lipinski definition) is 6. The third-order valence-electron chi connectivity index (χ3n) is 4.13. The third-order valence-corrected chi connectivity index (χ3v) is 7.70. The van der Waals surface area contributed by atoms with Gasteiger partial charge in [0, 0.05) is 18.1 Å². The fourth-order valence-electron chi connectivity index (χ4n) is 2.70. The number of nitrogens with one attached hydrogen (secondary N) is 1. The van der Waals surface area contributed by atoms with Gasteiger partial charge in [-0.3, -0.25) is 4.72 Å². The smallest absolute Gasteiger partial charge is 0.261 e. The van der Waals surface area contributed by atoms with Gasteiger partial charge >= 0.3 is 0 Å². The summed E-state index contributed by atoms with van der Waals surface area (Å²) in [7, 11) is -6.44. The second-order valence-electron chi connectivity index (χ2n) is 5.94. The molecule has 2 aromatic carbocycles. The summed E-state index contributed by atoms with van der Waals surface area (Å²) < 4.78 is 65.2. The molecule has 0 aromatic heterocycles. The van der Waals surface area contributed by atoms with E-state index in [4.69, 9.17) is 21.1 Å². The first-order chi connectivity index (χ1) is 13.2. The maximum Gasteiger partial charge on any atom is 0.261 e. The van der Waals surface area contributed by atoms with E-state index in [1.807, 2.05) is 0 Å². The third kappa shape index (κ3) is 4.41. The van der Waals surface area contributed by atoms with Crippen molar-refractivity contribution in [2.75, 3.05) is 38.1 Å². The molecule has 1 N–H and O–H groups in total. The van der Waals surface area contributed by atoms with E-state index in [1.165, 1.54) is 53.9 Å². The van der Waals surface area contributed by atoms with Crippen molar-refractivity contribution in [1.82, 2.24) is 4.31 Å². The largest absolute Gasteiger partial charge is 0.495 e. The van der Waals surface area contributed by atoms with Crippen LogP contribution in [-0.2, 0) is 24.8 Å². The Balaban J connectivity index is 1.95. The van der Waals surface area contributed by atoms with Gasteiger partial charge in [0.05, 0.1) is 30.9 Å². The first-order valence-corrected chi connectivity index (χ1v) is 11.6. The van der Waals surface area contributed by atoms with E-state index in [9.17, 15) is 16.8 Å². The fraction of sp³-hybridized carbons (Fsp3) is 0.294. The van der Waals surface area contributed by atoms with Crippen LogP contribution >= 0.6 is 11.6 Å². The van der Waals surface area contributed by atoms with Gasteiger partial charge in [-0.05, 0) is 42.5 Å². The van der Waals surface area contributed by atoms with Gasteiger partial charge < -0.3 is 9.47 Å². The highest BCUT2D eigenvalue weighted by Crippen LogP contribution is 2.31. The molecule has 2 aromatic rings. The van der Waals surface area contributed by atoms with Gasteiger partial charge in [0.2, 0.25) is 10.0 Å². The number of nitrogens with zero attached hydrogens (tertiary/aromatic N) is 1. The molecule has 152 valence electrons. The first-order valence-electron chi connectivity index (χ1n) is 8.28. The molecule has 28 heavy (non-hydrogen) atoms. The van der Waals surface area contributed by atoms with E-state index in [0.717, 1.165) is 0 Å². The molecular formula is C17H19ClN2O6S2. The summed E-state index contributed by atoms with van der Waals surface area (Å²) in [6.07, 6.45) is 0. The minimum absolute atomic E-state index is 0.00491. The molecular weight excluding hydrogens is 428 g/mol. The molecule has 0 amide bonds. The summed E-state index contributed by atoms with van der Waals surface area (Å²) in [5, 5.41) is 0.405. The standard InChI is InChI=1S/C17H19ClN2O6S2/c1-25-16-7-4-14(19-27(21,22)15-5-2-13(18)3-6-15)12-17(16)28(23,24)20-8-10-26-11-9-20/h2-7,12,19H,8-11H2,1H3. The van der Waals surface area contributed by atoms with Crippen molar-refractivity contribution < 1.29 is 26.3 Å². The summed E-state index contributed by atoms with van der Waals surface area (Å²) in [5.41, 5.74) is 0.0996.